The van der Waals surface area contributed by atoms with Crippen LogP contribution in [0.15, 0.2) is 60.8 Å². The van der Waals surface area contributed by atoms with Gasteiger partial charge >= 0.3 is 6.36 Å². The lowest BCUT2D eigenvalue weighted by Gasteiger charge is -2.31. The van der Waals surface area contributed by atoms with E-state index in [1.165, 1.54) is 6.20 Å². The Bertz CT molecular complexity index is 1290. The van der Waals surface area contributed by atoms with Crippen molar-refractivity contribution in [1.29, 1.82) is 0 Å². The number of amides is 2. The Morgan fingerprint density at radius 1 is 1.00 bits per heavy atom. The molecule has 0 bridgehead atoms. The van der Waals surface area contributed by atoms with Crippen LogP contribution in [0, 0.1) is 5.95 Å². The van der Waals surface area contributed by atoms with E-state index in [0.717, 1.165) is 31.3 Å². The monoisotopic (exact) mass is 531 g/mol. The number of piperazine rings is 1. The molecule has 0 saturated carbocycles. The third-order valence-electron chi connectivity index (χ3n) is 5.92. The van der Waals surface area contributed by atoms with Crippen molar-refractivity contribution in [3.63, 3.8) is 0 Å². The van der Waals surface area contributed by atoms with E-state index in [1.54, 1.807) is 36.4 Å². The van der Waals surface area contributed by atoms with E-state index in [1.807, 2.05) is 11.9 Å². The van der Waals surface area contributed by atoms with Gasteiger partial charge in [-0.1, -0.05) is 12.1 Å². The Labute approximate surface area is 216 Å². The average Bonchev–Trinajstić information content (AvgIpc) is 2.86. The van der Waals surface area contributed by atoms with Gasteiger partial charge in [-0.25, -0.2) is 4.98 Å². The SMILES string of the molecule is CN1CCN(CC(=O)Nc2cc(C(=O)Nc3ccc(-c4cccnc4F)cc3)ccc2OC(F)(F)F)CC1. The third kappa shape index (κ3) is 7.26. The second-order valence-electron chi connectivity index (χ2n) is 8.76. The van der Waals surface area contributed by atoms with Gasteiger partial charge in [0.1, 0.15) is 0 Å². The van der Waals surface area contributed by atoms with E-state index in [9.17, 15) is 27.2 Å². The number of nitrogens with one attached hydrogen (secondary N) is 2. The Hall–Kier alpha value is -4.03. The number of hydrogen-bond donors (Lipinski definition) is 2. The standard InChI is InChI=1S/C26H25F4N5O3/c1-34-11-13-35(14-12-34)16-23(36)33-21-15-18(6-9-22(21)38-26(28,29)30)25(37)32-19-7-4-17(5-8-19)20-3-2-10-31-24(20)27/h2-10,15H,11-14,16H2,1H3,(H,32,37)(H,33,36). The van der Waals surface area contributed by atoms with Crippen LogP contribution in [-0.4, -0.2) is 72.7 Å². The predicted molar refractivity (Wildman–Crippen MR) is 133 cm³/mol. The molecular weight excluding hydrogens is 506 g/mol. The van der Waals surface area contributed by atoms with Crippen molar-refractivity contribution in [1.82, 2.24) is 14.8 Å². The van der Waals surface area contributed by atoms with Gasteiger partial charge < -0.3 is 20.3 Å². The van der Waals surface area contributed by atoms with E-state index in [0.29, 0.717) is 29.9 Å². The summed E-state index contributed by atoms with van der Waals surface area (Å²) in [6.07, 6.45) is -3.66. The summed E-state index contributed by atoms with van der Waals surface area (Å²) in [6, 6.07) is 12.7. The maximum absolute atomic E-state index is 13.9. The second-order valence-corrected chi connectivity index (χ2v) is 8.76. The minimum Gasteiger partial charge on any atom is -0.404 e. The number of hydrogen-bond acceptors (Lipinski definition) is 6. The Balaban J connectivity index is 1.48. The quantitative estimate of drug-likeness (QED) is 0.351. The molecule has 2 amide bonds. The molecule has 0 radical (unpaired) electrons. The van der Waals surface area contributed by atoms with Crippen molar-refractivity contribution in [2.75, 3.05) is 50.4 Å². The number of nitrogens with zero attached hydrogens (tertiary/aromatic N) is 3. The molecule has 0 unspecified atom stereocenters. The number of ether oxygens (including phenoxy) is 1. The van der Waals surface area contributed by atoms with E-state index >= 15 is 0 Å². The summed E-state index contributed by atoms with van der Waals surface area (Å²) < 4.78 is 56.8. The van der Waals surface area contributed by atoms with Crippen molar-refractivity contribution in [3.05, 3.63) is 72.3 Å². The second kappa shape index (κ2) is 11.6. The molecule has 1 fully saturated rings. The number of aromatic nitrogens is 1. The number of alkyl halides is 3. The number of halogens is 4. The highest BCUT2D eigenvalue weighted by Crippen LogP contribution is 2.32. The van der Waals surface area contributed by atoms with Crippen LogP contribution >= 0.6 is 0 Å². The van der Waals surface area contributed by atoms with Gasteiger partial charge in [-0.2, -0.15) is 4.39 Å². The predicted octanol–water partition coefficient (Wildman–Crippen LogP) is 4.22. The zero-order valence-electron chi connectivity index (χ0n) is 20.4. The van der Waals surface area contributed by atoms with Crippen molar-refractivity contribution in [2.45, 2.75) is 6.36 Å². The molecule has 1 aliphatic rings. The van der Waals surface area contributed by atoms with Gasteiger partial charge in [-0.05, 0) is 55.1 Å². The smallest absolute Gasteiger partial charge is 0.404 e. The third-order valence-corrected chi connectivity index (χ3v) is 5.92. The molecule has 4 rings (SSSR count). The molecule has 200 valence electrons. The maximum atomic E-state index is 13.9. The molecule has 2 N–H and O–H groups in total. The summed E-state index contributed by atoms with van der Waals surface area (Å²) in [5, 5.41) is 5.07. The first kappa shape index (κ1) is 27.0. The summed E-state index contributed by atoms with van der Waals surface area (Å²) in [4.78, 5) is 33.0. The highest BCUT2D eigenvalue weighted by atomic mass is 19.4. The van der Waals surface area contributed by atoms with Crippen molar-refractivity contribution < 1.29 is 31.9 Å². The summed E-state index contributed by atoms with van der Waals surface area (Å²) >= 11 is 0. The molecule has 2 heterocycles. The summed E-state index contributed by atoms with van der Waals surface area (Å²) in [6.45, 7) is 2.81. The number of likely N-dealkylation sites (N-methyl/N-ethyl adjacent to an activating group) is 1. The molecule has 0 spiro atoms. The molecule has 1 saturated heterocycles. The first-order valence-electron chi connectivity index (χ1n) is 11.7. The van der Waals surface area contributed by atoms with Crippen LogP contribution in [0.1, 0.15) is 10.4 Å². The molecule has 12 heteroatoms. The number of anilines is 2. The summed E-state index contributed by atoms with van der Waals surface area (Å²) in [5.74, 6) is -2.42. The lowest BCUT2D eigenvalue weighted by Crippen LogP contribution is -2.47. The van der Waals surface area contributed by atoms with E-state index in [4.69, 9.17) is 0 Å². The van der Waals surface area contributed by atoms with Gasteiger partial charge in [-0.3, -0.25) is 14.5 Å². The van der Waals surface area contributed by atoms with Gasteiger partial charge in [0.25, 0.3) is 5.91 Å². The Morgan fingerprint density at radius 3 is 2.37 bits per heavy atom. The van der Waals surface area contributed by atoms with Crippen LogP contribution in [-0.2, 0) is 4.79 Å². The van der Waals surface area contributed by atoms with Crippen LogP contribution in [0.25, 0.3) is 11.1 Å². The molecule has 2 aromatic carbocycles. The zero-order chi connectivity index (χ0) is 27.3. The number of carbonyl (C=O) groups excluding carboxylic acids is 2. The molecule has 3 aromatic rings. The van der Waals surface area contributed by atoms with Gasteiger partial charge in [0.15, 0.2) is 5.75 Å². The lowest BCUT2D eigenvalue weighted by molar-refractivity contribution is -0.274. The van der Waals surface area contributed by atoms with Gasteiger partial charge in [0.2, 0.25) is 11.9 Å². The fraction of sp³-hybridized carbons (Fsp3) is 0.269. The van der Waals surface area contributed by atoms with E-state index in [2.05, 4.69) is 25.3 Å². The molecule has 38 heavy (non-hydrogen) atoms. The van der Waals surface area contributed by atoms with Gasteiger partial charge in [0.05, 0.1) is 12.2 Å². The lowest BCUT2D eigenvalue weighted by atomic mass is 10.1. The van der Waals surface area contributed by atoms with Crippen LogP contribution < -0.4 is 15.4 Å². The largest absolute Gasteiger partial charge is 0.573 e. The topological polar surface area (TPSA) is 86.8 Å². The number of carbonyl (C=O) groups is 2. The highest BCUT2D eigenvalue weighted by Gasteiger charge is 2.32. The molecule has 8 nitrogen and oxygen atoms in total. The fourth-order valence-corrected chi connectivity index (χ4v) is 3.92. The summed E-state index contributed by atoms with van der Waals surface area (Å²) in [7, 11) is 1.96. The number of benzene rings is 2. The molecule has 1 aromatic heterocycles. The van der Waals surface area contributed by atoms with Crippen LogP contribution in [0.5, 0.6) is 5.75 Å². The minimum atomic E-state index is -4.99. The first-order valence-corrected chi connectivity index (χ1v) is 11.7. The Kier molecular flexibility index (Phi) is 8.23. The first-order chi connectivity index (χ1) is 18.1. The van der Waals surface area contributed by atoms with E-state index < -0.39 is 29.9 Å². The van der Waals surface area contributed by atoms with Crippen LogP contribution in [0.3, 0.4) is 0 Å². The zero-order valence-corrected chi connectivity index (χ0v) is 20.4. The Morgan fingerprint density at radius 2 is 1.71 bits per heavy atom. The molecule has 0 atom stereocenters. The van der Waals surface area contributed by atoms with E-state index in [-0.39, 0.29) is 17.8 Å². The molecular formula is C26H25F4N5O3. The fourth-order valence-electron chi connectivity index (χ4n) is 3.92. The molecule has 1 aliphatic heterocycles. The maximum Gasteiger partial charge on any atom is 0.573 e. The normalized spacial score (nSPS) is 14.7. The minimum absolute atomic E-state index is 0.00296. The average molecular weight is 532 g/mol. The van der Waals surface area contributed by atoms with Crippen molar-refractivity contribution >= 4 is 23.2 Å². The summed E-state index contributed by atoms with van der Waals surface area (Å²) in [5.41, 5.74) is 0.933. The van der Waals surface area contributed by atoms with Gasteiger partial charge in [-0.15, -0.1) is 13.2 Å². The highest BCUT2D eigenvalue weighted by molar-refractivity contribution is 6.06. The van der Waals surface area contributed by atoms with Crippen molar-refractivity contribution in [2.24, 2.45) is 0 Å². The number of rotatable bonds is 7. The van der Waals surface area contributed by atoms with Gasteiger partial charge in [0, 0.05) is 49.2 Å². The molecule has 0 aliphatic carbocycles. The van der Waals surface area contributed by atoms with Crippen molar-refractivity contribution in [3.8, 4) is 16.9 Å². The van der Waals surface area contributed by atoms with Crippen LogP contribution in [0.2, 0.25) is 0 Å². The number of pyridine rings is 1. The van der Waals surface area contributed by atoms with Crippen LogP contribution in [0.4, 0.5) is 28.9 Å².